The second kappa shape index (κ2) is 22.4. The van der Waals surface area contributed by atoms with Crippen molar-refractivity contribution in [3.8, 4) is 0 Å². The van der Waals surface area contributed by atoms with Gasteiger partial charge in [0.05, 0.1) is 0 Å². The van der Waals surface area contributed by atoms with Crippen molar-refractivity contribution in [3.05, 3.63) is 0 Å². The van der Waals surface area contributed by atoms with Gasteiger partial charge in [-0.05, 0) is 18.2 Å². The van der Waals surface area contributed by atoms with Gasteiger partial charge in [-0.1, -0.05) is 26.6 Å². The monoisotopic (exact) mass is 215 g/mol. The third-order valence-corrected chi connectivity index (χ3v) is 2.27. The van der Waals surface area contributed by atoms with E-state index in [1.807, 2.05) is 6.55 Å². The van der Waals surface area contributed by atoms with Crippen LogP contribution in [0.1, 0.15) is 13.8 Å². The summed E-state index contributed by atoms with van der Waals surface area (Å²) in [5.74, 6) is 0. The van der Waals surface area contributed by atoms with E-state index in [1.165, 1.54) is 12.5 Å². The third kappa shape index (κ3) is 36.9. The molecule has 0 aliphatic rings. The summed E-state index contributed by atoms with van der Waals surface area (Å²) in [5, 5.41) is 0. The molecule has 72 valence electrons. The second-order valence-electron chi connectivity index (χ2n) is 1.91. The first kappa shape index (κ1) is 17.7. The lowest BCUT2D eigenvalue weighted by atomic mass is 10.5. The van der Waals surface area contributed by atoms with Crippen molar-refractivity contribution in [2.75, 3.05) is 6.54 Å². The minimum Gasteiger partial charge on any atom is -0.438 e. The predicted molar refractivity (Wildman–Crippen MR) is 61.0 cm³/mol. The van der Waals surface area contributed by atoms with Gasteiger partial charge in [0.25, 0.3) is 0 Å². The molecule has 0 atom stereocenters. The molecule has 0 bridgehead atoms. The molecule has 0 rings (SSSR count). The molecule has 0 saturated carbocycles. The van der Waals surface area contributed by atoms with Crippen molar-refractivity contribution < 1.29 is 4.80 Å². The second-order valence-corrected chi connectivity index (χ2v) is 4.51. The maximum absolute atomic E-state index is 7.71. The molecule has 0 unspecified atom stereocenters. The lowest BCUT2D eigenvalue weighted by Gasteiger charge is -1.90. The zero-order valence-corrected chi connectivity index (χ0v) is 10.4. The van der Waals surface area contributed by atoms with Crippen LogP contribution in [0.3, 0.4) is 0 Å². The van der Waals surface area contributed by atoms with Crippen LogP contribution in [-0.4, -0.2) is 30.6 Å². The minimum atomic E-state index is -0.583. The molecule has 0 radical (unpaired) electrons. The molecule has 0 amide bonds. The molecule has 0 fully saturated rings. The fourth-order valence-electron chi connectivity index (χ4n) is 0.442. The molecule has 0 heterocycles. The van der Waals surface area contributed by atoms with Gasteiger partial charge in [0.15, 0.2) is 9.76 Å². The third-order valence-electron chi connectivity index (χ3n) is 0.875. The van der Waals surface area contributed by atoms with Crippen LogP contribution in [-0.2, 0) is 0 Å². The van der Waals surface area contributed by atoms with Gasteiger partial charge in [0.1, 0.15) is 0 Å². The highest BCUT2D eigenvalue weighted by Gasteiger charge is 1.80. The van der Waals surface area contributed by atoms with Crippen LogP contribution in [0.25, 0.3) is 0 Å². The lowest BCUT2D eigenvalue weighted by Crippen LogP contribution is -2.00. The summed E-state index contributed by atoms with van der Waals surface area (Å²) in [6.07, 6.45) is 1.26. The Labute approximate surface area is 80.6 Å². The van der Waals surface area contributed by atoms with Gasteiger partial charge in [-0.25, -0.2) is 4.84 Å². The van der Waals surface area contributed by atoms with Crippen molar-refractivity contribution in [2.45, 2.75) is 33.0 Å². The van der Waals surface area contributed by atoms with E-state index in [4.69, 9.17) is 16.6 Å². The largest absolute Gasteiger partial charge is 0.438 e. The van der Waals surface area contributed by atoms with Crippen LogP contribution < -0.4 is 4.84 Å². The first-order valence-corrected chi connectivity index (χ1v) is 8.61. The summed E-state index contributed by atoms with van der Waals surface area (Å²) in [6, 6.07) is 1.42. The van der Waals surface area contributed by atoms with Gasteiger partial charge in [0.2, 0.25) is 0 Å². The van der Waals surface area contributed by atoms with Gasteiger partial charge >= 0.3 is 0 Å². The quantitative estimate of drug-likeness (QED) is 0.407. The zero-order chi connectivity index (χ0) is 8.24. The average Bonchev–Trinajstić information content (AvgIpc) is 1.91. The summed E-state index contributed by atoms with van der Waals surface area (Å²) < 4.78 is 0. The zero-order valence-electron chi connectivity index (χ0n) is 6.86. The van der Waals surface area contributed by atoms with E-state index in [2.05, 4.69) is 11.4 Å². The highest BCUT2D eigenvalue weighted by atomic mass is 35.5. The van der Waals surface area contributed by atoms with Crippen LogP contribution in [0, 0.1) is 0 Å². The Hall–Kier alpha value is 0.644. The Morgan fingerprint density at radius 3 is 2.18 bits per heavy atom. The summed E-state index contributed by atoms with van der Waals surface area (Å²) in [6.45, 7) is 5.11. The van der Waals surface area contributed by atoms with Crippen LogP contribution in [0.5, 0.6) is 0 Å². The molecular formula is C6H22ClNOSi2. The van der Waals surface area contributed by atoms with Crippen molar-refractivity contribution in [3.63, 3.8) is 0 Å². The molecule has 2 N–H and O–H groups in total. The van der Waals surface area contributed by atoms with E-state index in [0.717, 1.165) is 6.54 Å². The Kier molecular flexibility index (Phi) is 36.0. The van der Waals surface area contributed by atoms with Crippen molar-refractivity contribution in [1.82, 2.24) is 4.84 Å². The minimum absolute atomic E-state index is 0. The fourth-order valence-corrected chi connectivity index (χ4v) is 1.33. The van der Waals surface area contributed by atoms with Crippen molar-refractivity contribution in [2.24, 2.45) is 0 Å². The normalized spacial score (nSPS) is 9.82. The Balaban J connectivity index is -0.000000140. The van der Waals surface area contributed by atoms with Crippen LogP contribution in [0.15, 0.2) is 0 Å². The van der Waals surface area contributed by atoms with Gasteiger partial charge in [-0.2, -0.15) is 0 Å². The average molecular weight is 216 g/mol. The van der Waals surface area contributed by atoms with Crippen LogP contribution >= 0.6 is 11.8 Å². The number of hydrogen-bond donors (Lipinski definition) is 2. The number of hydrogen-bond acceptors (Lipinski definition) is 2. The first-order valence-electron chi connectivity index (χ1n) is 3.77. The number of rotatable bonds is 4. The molecule has 2 nitrogen and oxygen atoms in total. The molecule has 0 saturated heterocycles. The molecule has 0 spiro atoms. The summed E-state index contributed by atoms with van der Waals surface area (Å²) in [4.78, 5) is 10.3. The molecule has 0 aliphatic heterocycles. The Morgan fingerprint density at radius 1 is 1.45 bits per heavy atom. The van der Waals surface area contributed by atoms with Crippen LogP contribution in [0.2, 0.25) is 19.1 Å². The Morgan fingerprint density at radius 2 is 1.91 bits per heavy atom. The highest BCUT2D eigenvalue weighted by molar-refractivity contribution is 6.33. The molecular weight excluding hydrogens is 194 g/mol. The molecule has 0 aliphatic carbocycles. The molecule has 0 aromatic rings. The molecule has 5 heteroatoms. The summed E-state index contributed by atoms with van der Waals surface area (Å²) >= 11 is 5.20. The highest BCUT2D eigenvalue weighted by Crippen LogP contribution is 1.84. The fraction of sp³-hybridized carbons (Fsp3) is 1.00. The Bertz CT molecular complexity index is 47.6. The summed E-state index contributed by atoms with van der Waals surface area (Å²) in [7, 11) is -0.288. The van der Waals surface area contributed by atoms with E-state index < -0.39 is 9.76 Å². The molecule has 0 aromatic heterocycles. The predicted octanol–water partition coefficient (Wildman–Crippen LogP) is 0.502. The maximum atomic E-state index is 7.71. The van der Waals surface area contributed by atoms with Gasteiger partial charge in [-0.3, -0.25) is 0 Å². The lowest BCUT2D eigenvalue weighted by molar-refractivity contribution is 0.610. The SMILES string of the molecule is C.C[SiH2]CCCNCl.C[SiH2]O. The van der Waals surface area contributed by atoms with E-state index >= 15 is 0 Å². The van der Waals surface area contributed by atoms with Gasteiger partial charge < -0.3 is 4.80 Å². The molecule has 11 heavy (non-hydrogen) atoms. The van der Waals surface area contributed by atoms with Gasteiger partial charge in [0, 0.05) is 16.1 Å². The topological polar surface area (TPSA) is 32.3 Å². The maximum Gasteiger partial charge on any atom is 0.153 e. The van der Waals surface area contributed by atoms with E-state index in [9.17, 15) is 0 Å². The van der Waals surface area contributed by atoms with Crippen LogP contribution in [0.4, 0.5) is 0 Å². The standard InChI is InChI=1S/C4H12ClNSi.CH6OSi.CH4/c1-7-4-2-3-6-5;1-3-2;/h6H,2-4,7H2,1H3;2H,3H2,1H3;1H4. The van der Waals surface area contributed by atoms with Crippen molar-refractivity contribution >= 4 is 31.1 Å². The van der Waals surface area contributed by atoms with E-state index in [1.54, 1.807) is 0 Å². The van der Waals surface area contributed by atoms with E-state index in [0.29, 0.717) is 9.52 Å². The summed E-state index contributed by atoms with van der Waals surface area (Å²) in [5.41, 5.74) is 0. The smallest absolute Gasteiger partial charge is 0.153 e. The van der Waals surface area contributed by atoms with Gasteiger partial charge in [-0.15, -0.1) is 0 Å². The van der Waals surface area contributed by atoms with Crippen molar-refractivity contribution in [1.29, 1.82) is 0 Å². The van der Waals surface area contributed by atoms with E-state index in [-0.39, 0.29) is 7.43 Å². The first-order chi connectivity index (χ1) is 4.83. The molecule has 0 aromatic carbocycles. The number of nitrogens with one attached hydrogen (secondary N) is 1. The number of halogens is 1.